The molecule has 10 heavy (non-hydrogen) atoms. The van der Waals surface area contributed by atoms with Crippen LogP contribution in [0.25, 0.3) is 0 Å². The Morgan fingerprint density at radius 1 is 1.70 bits per heavy atom. The van der Waals surface area contributed by atoms with E-state index in [0.29, 0.717) is 0 Å². The van der Waals surface area contributed by atoms with Crippen molar-refractivity contribution in [3.63, 3.8) is 0 Å². The number of hydrogen-bond donors (Lipinski definition) is 1. The fourth-order valence-electron chi connectivity index (χ4n) is 0.178. The van der Waals surface area contributed by atoms with Crippen LogP contribution >= 0.6 is 8.25 Å². The van der Waals surface area contributed by atoms with Gasteiger partial charge in [-0.25, -0.2) is 4.79 Å². The second-order valence-electron chi connectivity index (χ2n) is 1.08. The Balaban J connectivity index is 3.20. The smallest absolute Gasteiger partial charge is 0.438 e. The zero-order valence-electron chi connectivity index (χ0n) is 5.14. The van der Waals surface area contributed by atoms with E-state index < -0.39 is 21.2 Å². The molecular formula is C3H6O6P+. The lowest BCUT2D eigenvalue weighted by molar-refractivity contribution is 0.0143. The molecule has 0 bridgehead atoms. The van der Waals surface area contributed by atoms with E-state index in [1.54, 1.807) is 0 Å². The predicted octanol–water partition coefficient (Wildman–Crippen LogP) is 0.393. The van der Waals surface area contributed by atoms with E-state index in [0.717, 1.165) is 7.11 Å². The molecule has 0 radical (unpaired) electrons. The second-order valence-corrected chi connectivity index (χ2v) is 1.82. The summed E-state index contributed by atoms with van der Waals surface area (Å²) in [7, 11) is -1.61. The molecule has 0 saturated heterocycles. The van der Waals surface area contributed by atoms with Crippen LogP contribution in [-0.2, 0) is 18.6 Å². The molecule has 58 valence electrons. The molecule has 0 amide bonds. The average Bonchev–Trinajstić information content (AvgIpc) is 1.87. The van der Waals surface area contributed by atoms with Gasteiger partial charge in [-0.3, -0.25) is 0 Å². The zero-order chi connectivity index (χ0) is 7.98. The third-order valence-electron chi connectivity index (χ3n) is 0.507. The summed E-state index contributed by atoms with van der Waals surface area (Å²) in [5.74, 6) is 0. The highest BCUT2D eigenvalue weighted by Gasteiger charge is 2.13. The molecule has 7 heteroatoms. The lowest BCUT2D eigenvalue weighted by Crippen LogP contribution is -2.05. The lowest BCUT2D eigenvalue weighted by atomic mass is 11.3. The summed E-state index contributed by atoms with van der Waals surface area (Å²) in [5.41, 5.74) is 0. The molecule has 0 aliphatic carbocycles. The van der Waals surface area contributed by atoms with Crippen LogP contribution < -0.4 is 0 Å². The van der Waals surface area contributed by atoms with Gasteiger partial charge in [0.2, 0.25) is 0 Å². The van der Waals surface area contributed by atoms with E-state index in [1.165, 1.54) is 0 Å². The molecule has 0 rings (SSSR count). The van der Waals surface area contributed by atoms with E-state index in [4.69, 9.17) is 4.89 Å². The maximum Gasteiger partial charge on any atom is 0.698 e. The summed E-state index contributed by atoms with van der Waals surface area (Å²) in [4.78, 5) is 18.1. The van der Waals surface area contributed by atoms with Crippen LogP contribution in [0.5, 0.6) is 0 Å². The van der Waals surface area contributed by atoms with Crippen LogP contribution in [0.4, 0.5) is 4.79 Å². The largest absolute Gasteiger partial charge is 0.698 e. The summed E-state index contributed by atoms with van der Waals surface area (Å²) >= 11 is 0. The molecule has 0 aromatic rings. The van der Waals surface area contributed by atoms with Crippen molar-refractivity contribution in [1.29, 1.82) is 0 Å². The Morgan fingerprint density at radius 2 is 2.30 bits per heavy atom. The summed E-state index contributed by atoms with van der Waals surface area (Å²) < 4.78 is 21.8. The molecule has 1 atom stereocenters. The van der Waals surface area contributed by atoms with Gasteiger partial charge in [0.15, 0.2) is 0 Å². The van der Waals surface area contributed by atoms with Crippen molar-refractivity contribution in [2.45, 2.75) is 0 Å². The topological polar surface area (TPSA) is 82.1 Å². The Hall–Kier alpha value is -0.710. The van der Waals surface area contributed by atoms with Crippen molar-refractivity contribution in [3.8, 4) is 0 Å². The Morgan fingerprint density at radius 3 is 2.70 bits per heavy atom. The maximum absolute atomic E-state index is 10.1. The number of rotatable bonds is 3. The van der Waals surface area contributed by atoms with Crippen LogP contribution in [0, 0.1) is 0 Å². The molecule has 0 fully saturated rings. The Labute approximate surface area is 57.6 Å². The van der Waals surface area contributed by atoms with E-state index in [-0.39, 0.29) is 0 Å². The van der Waals surface area contributed by atoms with Gasteiger partial charge >= 0.3 is 14.4 Å². The first-order valence-corrected chi connectivity index (χ1v) is 3.29. The van der Waals surface area contributed by atoms with Crippen molar-refractivity contribution in [3.05, 3.63) is 0 Å². The lowest BCUT2D eigenvalue weighted by Gasteiger charge is -1.94. The van der Waals surface area contributed by atoms with Crippen LogP contribution in [0.15, 0.2) is 0 Å². The molecule has 0 aromatic carbocycles. The fourth-order valence-corrected chi connectivity index (χ4v) is 0.321. The molecule has 0 aliphatic rings. The third-order valence-corrected chi connectivity index (χ3v) is 0.833. The second kappa shape index (κ2) is 5.10. The number of hydrogen-bond acceptors (Lipinski definition) is 5. The predicted molar refractivity (Wildman–Crippen MR) is 29.3 cm³/mol. The van der Waals surface area contributed by atoms with E-state index in [2.05, 4.69) is 14.0 Å². The number of carbonyl (C=O) groups excluding carboxylic acids is 1. The van der Waals surface area contributed by atoms with Crippen molar-refractivity contribution >= 4 is 14.4 Å². The van der Waals surface area contributed by atoms with Crippen molar-refractivity contribution < 1.29 is 28.3 Å². The third kappa shape index (κ3) is 5.43. The molecule has 6 nitrogen and oxygen atoms in total. The van der Waals surface area contributed by atoms with Crippen LogP contribution in [-0.4, -0.2) is 25.0 Å². The van der Waals surface area contributed by atoms with Gasteiger partial charge in [-0.15, -0.1) is 4.89 Å². The molecule has 0 aromatic heterocycles. The number of ether oxygens (including phenoxy) is 2. The normalized spacial score (nSPS) is 10.4. The minimum Gasteiger partial charge on any atom is -0.438 e. The van der Waals surface area contributed by atoms with Crippen LogP contribution in [0.3, 0.4) is 0 Å². The highest BCUT2D eigenvalue weighted by molar-refractivity contribution is 7.32. The Bertz CT molecular complexity index is 133. The van der Waals surface area contributed by atoms with E-state index >= 15 is 0 Å². The first-order chi connectivity index (χ1) is 4.66. The average molecular weight is 169 g/mol. The van der Waals surface area contributed by atoms with Gasteiger partial charge in [-0.2, -0.15) is 0 Å². The van der Waals surface area contributed by atoms with E-state index in [1.807, 2.05) is 0 Å². The molecule has 0 saturated carbocycles. The standard InChI is InChI=1S/C3H5O6P/c1-7-3(4)8-2-9-10(5)6/h2H2,1H3/p+1. The van der Waals surface area contributed by atoms with Gasteiger partial charge in [-0.1, -0.05) is 4.52 Å². The summed E-state index contributed by atoms with van der Waals surface area (Å²) in [6.07, 6.45) is -0.961. The summed E-state index contributed by atoms with van der Waals surface area (Å²) in [6.45, 7) is -0.585. The molecule has 1 N–H and O–H groups in total. The van der Waals surface area contributed by atoms with Gasteiger partial charge in [0.1, 0.15) is 0 Å². The van der Waals surface area contributed by atoms with Crippen LogP contribution in [0.1, 0.15) is 0 Å². The first kappa shape index (κ1) is 9.29. The van der Waals surface area contributed by atoms with Gasteiger partial charge < -0.3 is 9.47 Å². The Kier molecular flexibility index (Phi) is 4.74. The minimum absolute atomic E-state index is 0.585. The van der Waals surface area contributed by atoms with Gasteiger partial charge in [-0.05, 0) is 0 Å². The molecule has 0 spiro atoms. The van der Waals surface area contributed by atoms with Gasteiger partial charge in [0.25, 0.3) is 6.79 Å². The van der Waals surface area contributed by atoms with Gasteiger partial charge in [0, 0.05) is 4.57 Å². The SMILES string of the molecule is COC(=O)OCO[P+](=O)O. The first-order valence-electron chi connectivity index (χ1n) is 2.16. The summed E-state index contributed by atoms with van der Waals surface area (Å²) in [6, 6.07) is 0. The minimum atomic E-state index is -2.72. The maximum atomic E-state index is 10.1. The zero-order valence-corrected chi connectivity index (χ0v) is 6.04. The highest BCUT2D eigenvalue weighted by atomic mass is 31.1. The van der Waals surface area contributed by atoms with E-state index in [9.17, 15) is 9.36 Å². The molecule has 0 aliphatic heterocycles. The molecular weight excluding hydrogens is 163 g/mol. The van der Waals surface area contributed by atoms with Gasteiger partial charge in [0.05, 0.1) is 7.11 Å². The van der Waals surface area contributed by atoms with Crippen molar-refractivity contribution in [2.75, 3.05) is 13.9 Å². The summed E-state index contributed by atoms with van der Waals surface area (Å²) in [5, 5.41) is 0. The van der Waals surface area contributed by atoms with Crippen molar-refractivity contribution in [2.24, 2.45) is 0 Å². The molecule has 1 unspecified atom stereocenters. The van der Waals surface area contributed by atoms with Crippen molar-refractivity contribution in [1.82, 2.24) is 0 Å². The molecule has 0 heterocycles. The number of carbonyl (C=O) groups is 1. The number of methoxy groups -OCH3 is 1. The monoisotopic (exact) mass is 169 g/mol. The van der Waals surface area contributed by atoms with Crippen LogP contribution in [0.2, 0.25) is 0 Å². The highest BCUT2D eigenvalue weighted by Crippen LogP contribution is 2.13. The fraction of sp³-hybridized carbons (Fsp3) is 0.667. The quantitative estimate of drug-likeness (QED) is 0.374.